The van der Waals surface area contributed by atoms with Gasteiger partial charge in [-0.3, -0.25) is 9.48 Å². The van der Waals surface area contributed by atoms with Crippen LogP contribution in [-0.2, 0) is 17.9 Å². The zero-order chi connectivity index (χ0) is 14.7. The van der Waals surface area contributed by atoms with Crippen molar-refractivity contribution in [3.63, 3.8) is 0 Å². The van der Waals surface area contributed by atoms with Gasteiger partial charge in [0.25, 0.3) is 0 Å². The number of benzene rings is 1. The first-order valence-corrected chi connectivity index (χ1v) is 7.40. The van der Waals surface area contributed by atoms with Gasteiger partial charge in [-0.05, 0) is 44.0 Å². The average molecular weight is 284 g/mol. The van der Waals surface area contributed by atoms with Crippen LogP contribution in [0.3, 0.4) is 0 Å². The van der Waals surface area contributed by atoms with Crippen LogP contribution >= 0.6 is 0 Å². The fourth-order valence-corrected chi connectivity index (χ4v) is 2.14. The summed E-state index contributed by atoms with van der Waals surface area (Å²) in [6.45, 7) is 3.70. The highest BCUT2D eigenvalue weighted by atomic mass is 16.2. The van der Waals surface area contributed by atoms with E-state index in [1.54, 1.807) is 0 Å². The van der Waals surface area contributed by atoms with Gasteiger partial charge in [0.1, 0.15) is 0 Å². The van der Waals surface area contributed by atoms with E-state index in [1.807, 2.05) is 41.3 Å². The van der Waals surface area contributed by atoms with Crippen molar-refractivity contribution in [2.75, 3.05) is 10.6 Å². The number of carbonyl (C=O) groups excluding carboxylic acids is 1. The minimum atomic E-state index is 0.141. The van der Waals surface area contributed by atoms with Gasteiger partial charge < -0.3 is 10.6 Å². The summed E-state index contributed by atoms with van der Waals surface area (Å²) in [7, 11) is 0. The Morgan fingerprint density at radius 3 is 2.62 bits per heavy atom. The quantitative estimate of drug-likeness (QED) is 0.857. The molecule has 0 bridgehead atoms. The van der Waals surface area contributed by atoms with Gasteiger partial charge in [0.2, 0.25) is 5.91 Å². The van der Waals surface area contributed by atoms with E-state index in [9.17, 15) is 4.79 Å². The predicted octanol–water partition coefficient (Wildman–Crippen LogP) is 2.86. The van der Waals surface area contributed by atoms with Crippen molar-refractivity contribution < 1.29 is 4.79 Å². The summed E-state index contributed by atoms with van der Waals surface area (Å²) in [5.41, 5.74) is 3.04. The zero-order valence-corrected chi connectivity index (χ0v) is 12.2. The van der Waals surface area contributed by atoms with Crippen LogP contribution in [0.15, 0.2) is 36.7 Å². The van der Waals surface area contributed by atoms with Crippen molar-refractivity contribution in [3.05, 3.63) is 42.2 Å². The van der Waals surface area contributed by atoms with Crippen molar-refractivity contribution in [3.8, 4) is 0 Å². The average Bonchev–Trinajstić information content (AvgIpc) is 3.26. The monoisotopic (exact) mass is 284 g/mol. The molecule has 1 aliphatic rings. The van der Waals surface area contributed by atoms with E-state index in [-0.39, 0.29) is 11.8 Å². The summed E-state index contributed by atoms with van der Waals surface area (Å²) >= 11 is 0. The molecule has 2 N–H and O–H groups in total. The number of anilines is 2. The fourth-order valence-electron chi connectivity index (χ4n) is 2.14. The molecule has 0 saturated heterocycles. The standard InChI is InChI=1S/C16H20N4O/c1-2-20-11-12(10-18-20)9-17-14-5-7-15(8-6-14)19-16(21)13-3-4-13/h5-8,10-11,13,17H,2-4,9H2,1H3,(H,19,21). The molecule has 0 radical (unpaired) electrons. The van der Waals surface area contributed by atoms with Gasteiger partial charge in [-0.25, -0.2) is 0 Å². The highest BCUT2D eigenvalue weighted by molar-refractivity contribution is 5.94. The van der Waals surface area contributed by atoms with Crippen LogP contribution in [0.25, 0.3) is 0 Å². The van der Waals surface area contributed by atoms with E-state index >= 15 is 0 Å². The molecule has 110 valence electrons. The van der Waals surface area contributed by atoms with Crippen molar-refractivity contribution in [2.24, 2.45) is 5.92 Å². The largest absolute Gasteiger partial charge is 0.381 e. The lowest BCUT2D eigenvalue weighted by Gasteiger charge is -2.07. The number of hydrogen-bond donors (Lipinski definition) is 2. The molecule has 0 spiro atoms. The van der Waals surface area contributed by atoms with Crippen LogP contribution in [0.2, 0.25) is 0 Å². The van der Waals surface area contributed by atoms with E-state index in [1.165, 1.54) is 0 Å². The Kier molecular flexibility index (Phi) is 3.90. The topological polar surface area (TPSA) is 59.0 Å². The van der Waals surface area contributed by atoms with Crippen LogP contribution in [0.1, 0.15) is 25.3 Å². The van der Waals surface area contributed by atoms with Crippen LogP contribution in [0.4, 0.5) is 11.4 Å². The molecule has 5 heteroatoms. The smallest absolute Gasteiger partial charge is 0.227 e. The second kappa shape index (κ2) is 5.99. The van der Waals surface area contributed by atoms with E-state index < -0.39 is 0 Å². The summed E-state index contributed by atoms with van der Waals surface area (Å²) in [6, 6.07) is 7.82. The number of aryl methyl sites for hydroxylation is 1. The highest BCUT2D eigenvalue weighted by Gasteiger charge is 2.29. The third kappa shape index (κ3) is 3.62. The van der Waals surface area contributed by atoms with E-state index in [0.29, 0.717) is 0 Å². The fraction of sp³-hybridized carbons (Fsp3) is 0.375. The number of carbonyl (C=O) groups is 1. The molecule has 1 heterocycles. The maximum Gasteiger partial charge on any atom is 0.227 e. The van der Waals surface area contributed by atoms with Crippen molar-refractivity contribution in [1.82, 2.24) is 9.78 Å². The molecule has 0 unspecified atom stereocenters. The van der Waals surface area contributed by atoms with Gasteiger partial charge in [0.15, 0.2) is 0 Å². The molecule has 3 rings (SSSR count). The maximum absolute atomic E-state index is 11.7. The molecule has 1 aromatic carbocycles. The van der Waals surface area contributed by atoms with Crippen molar-refractivity contribution in [2.45, 2.75) is 32.9 Å². The normalized spacial score (nSPS) is 14.0. The van der Waals surface area contributed by atoms with E-state index in [0.717, 1.165) is 42.9 Å². The summed E-state index contributed by atoms with van der Waals surface area (Å²) in [6.07, 6.45) is 5.96. The highest BCUT2D eigenvalue weighted by Crippen LogP contribution is 2.30. The molecule has 1 aliphatic carbocycles. The third-order valence-corrected chi connectivity index (χ3v) is 3.61. The Hall–Kier alpha value is -2.30. The molecule has 0 atom stereocenters. The summed E-state index contributed by atoms with van der Waals surface area (Å²) < 4.78 is 1.91. The first-order chi connectivity index (χ1) is 10.2. The number of hydrogen-bond acceptors (Lipinski definition) is 3. The number of amides is 1. The predicted molar refractivity (Wildman–Crippen MR) is 83.0 cm³/mol. The molecular formula is C16H20N4O. The minimum absolute atomic E-state index is 0.141. The minimum Gasteiger partial charge on any atom is -0.381 e. The zero-order valence-electron chi connectivity index (χ0n) is 12.2. The van der Waals surface area contributed by atoms with Crippen molar-refractivity contribution in [1.29, 1.82) is 0 Å². The van der Waals surface area contributed by atoms with Gasteiger partial charge in [0, 0.05) is 42.1 Å². The van der Waals surface area contributed by atoms with Gasteiger partial charge >= 0.3 is 0 Å². The third-order valence-electron chi connectivity index (χ3n) is 3.61. The van der Waals surface area contributed by atoms with Crippen molar-refractivity contribution >= 4 is 17.3 Å². The number of nitrogens with one attached hydrogen (secondary N) is 2. The van der Waals surface area contributed by atoms with Gasteiger partial charge in [0.05, 0.1) is 6.20 Å². The van der Waals surface area contributed by atoms with Crippen LogP contribution < -0.4 is 10.6 Å². The van der Waals surface area contributed by atoms with E-state index in [4.69, 9.17) is 0 Å². The number of nitrogens with zero attached hydrogens (tertiary/aromatic N) is 2. The van der Waals surface area contributed by atoms with Gasteiger partial charge in [-0.1, -0.05) is 0 Å². The lowest BCUT2D eigenvalue weighted by Crippen LogP contribution is -2.13. The first-order valence-electron chi connectivity index (χ1n) is 7.40. The molecule has 0 aliphatic heterocycles. The SMILES string of the molecule is CCn1cc(CNc2ccc(NC(=O)C3CC3)cc2)cn1. The summed E-state index contributed by atoms with van der Waals surface area (Å²) in [5, 5.41) is 10.5. The second-order valence-corrected chi connectivity index (χ2v) is 5.40. The molecule has 5 nitrogen and oxygen atoms in total. The Bertz CT molecular complexity index is 613. The summed E-state index contributed by atoms with van der Waals surface area (Å²) in [4.78, 5) is 11.7. The number of aromatic nitrogens is 2. The molecule has 1 fully saturated rings. The molecular weight excluding hydrogens is 264 g/mol. The first kappa shape index (κ1) is 13.7. The summed E-state index contributed by atoms with van der Waals surface area (Å²) in [5.74, 6) is 0.376. The van der Waals surface area contributed by atoms with Crippen LogP contribution in [0.5, 0.6) is 0 Å². The lowest BCUT2D eigenvalue weighted by atomic mass is 10.2. The molecule has 1 aromatic heterocycles. The lowest BCUT2D eigenvalue weighted by molar-refractivity contribution is -0.117. The molecule has 1 amide bonds. The van der Waals surface area contributed by atoms with E-state index in [2.05, 4.69) is 22.7 Å². The van der Waals surface area contributed by atoms with Crippen LogP contribution in [-0.4, -0.2) is 15.7 Å². The number of rotatable bonds is 6. The molecule has 2 aromatic rings. The van der Waals surface area contributed by atoms with Gasteiger partial charge in [-0.15, -0.1) is 0 Å². The molecule has 21 heavy (non-hydrogen) atoms. The Labute approximate surface area is 124 Å². The Balaban J connectivity index is 1.52. The van der Waals surface area contributed by atoms with Gasteiger partial charge in [-0.2, -0.15) is 5.10 Å². The maximum atomic E-state index is 11.7. The van der Waals surface area contributed by atoms with Crippen LogP contribution in [0, 0.1) is 5.92 Å². The Morgan fingerprint density at radius 1 is 1.29 bits per heavy atom. The second-order valence-electron chi connectivity index (χ2n) is 5.40. The molecule has 1 saturated carbocycles. The Morgan fingerprint density at radius 2 is 2.00 bits per heavy atom.